The summed E-state index contributed by atoms with van der Waals surface area (Å²) in [6.07, 6.45) is 13.0. The van der Waals surface area contributed by atoms with Gasteiger partial charge in [0, 0.05) is 6.54 Å². The van der Waals surface area contributed by atoms with Gasteiger partial charge in [-0.05, 0) is 30.7 Å². The molecule has 1 atom stereocenters. The molecule has 0 amide bonds. The topological polar surface area (TPSA) is 69.9 Å². The highest BCUT2D eigenvalue weighted by molar-refractivity contribution is 5.76. The van der Waals surface area contributed by atoms with Crippen LogP contribution < -0.4 is 0 Å². The molecule has 1 rings (SSSR count). The lowest BCUT2D eigenvalue weighted by Gasteiger charge is -2.10. The smallest absolute Gasteiger partial charge is 0.316 e. The predicted octanol–water partition coefficient (Wildman–Crippen LogP) is 4.26. The molecule has 0 bridgehead atoms. The first-order valence-electron chi connectivity index (χ1n) is 9.63. The molecular weight excluding hydrogens is 304 g/mol. The average molecular weight is 338 g/mol. The van der Waals surface area contributed by atoms with E-state index in [-0.39, 0.29) is 5.97 Å². The highest BCUT2D eigenvalue weighted by Gasteiger charge is 2.22. The van der Waals surface area contributed by atoms with Crippen LogP contribution in [0.1, 0.15) is 96.7 Å². The predicted molar refractivity (Wildman–Crippen MR) is 94.7 cm³/mol. The van der Waals surface area contributed by atoms with Gasteiger partial charge in [0.05, 0.1) is 6.61 Å². The lowest BCUT2D eigenvalue weighted by molar-refractivity contribution is -0.144. The Labute approximate surface area is 146 Å². The Morgan fingerprint density at radius 1 is 1.00 bits per heavy atom. The molecule has 0 saturated carbocycles. The summed E-state index contributed by atoms with van der Waals surface area (Å²) in [4.78, 5) is 11.8. The average Bonchev–Trinajstić information content (AvgIpc) is 3.04. The van der Waals surface area contributed by atoms with Crippen LogP contribution >= 0.6 is 0 Å². The van der Waals surface area contributed by atoms with E-state index >= 15 is 0 Å². The number of ether oxygens (including phenoxy) is 1. The van der Waals surface area contributed by atoms with Gasteiger partial charge >= 0.3 is 5.97 Å². The van der Waals surface area contributed by atoms with E-state index in [4.69, 9.17) is 4.74 Å². The zero-order valence-electron chi connectivity index (χ0n) is 15.7. The molecule has 1 heterocycles. The van der Waals surface area contributed by atoms with Gasteiger partial charge in [0.2, 0.25) is 0 Å². The maximum absolute atomic E-state index is 11.8. The summed E-state index contributed by atoms with van der Waals surface area (Å²) in [5.74, 6) is -0.0796. The van der Waals surface area contributed by atoms with Gasteiger partial charge in [0.1, 0.15) is 5.92 Å². The third-order valence-corrected chi connectivity index (χ3v) is 4.31. The quantitative estimate of drug-likeness (QED) is 0.374. The normalized spacial score (nSPS) is 12.3. The van der Waals surface area contributed by atoms with Crippen LogP contribution in [0.3, 0.4) is 0 Å². The first-order valence-corrected chi connectivity index (χ1v) is 9.63. The summed E-state index contributed by atoms with van der Waals surface area (Å²) < 4.78 is 6.78. The molecule has 0 N–H and O–H groups in total. The van der Waals surface area contributed by atoms with Crippen LogP contribution in [0.2, 0.25) is 0 Å². The summed E-state index contributed by atoms with van der Waals surface area (Å²) in [7, 11) is 0. The van der Waals surface area contributed by atoms with E-state index in [0.29, 0.717) is 12.4 Å². The molecule has 0 spiro atoms. The van der Waals surface area contributed by atoms with Crippen LogP contribution in [0.25, 0.3) is 0 Å². The molecule has 1 aromatic heterocycles. The second-order valence-electron chi connectivity index (χ2n) is 6.42. The van der Waals surface area contributed by atoms with Gasteiger partial charge in [-0.2, -0.15) is 0 Å². The maximum Gasteiger partial charge on any atom is 0.316 e. The number of nitrogens with zero attached hydrogens (tertiary/aromatic N) is 4. The molecule has 6 nitrogen and oxygen atoms in total. The van der Waals surface area contributed by atoms with Crippen LogP contribution in [-0.4, -0.2) is 32.8 Å². The zero-order valence-corrected chi connectivity index (χ0v) is 15.7. The molecule has 0 fully saturated rings. The monoisotopic (exact) mass is 338 g/mol. The van der Waals surface area contributed by atoms with Crippen LogP contribution in [-0.2, 0) is 16.1 Å². The van der Waals surface area contributed by atoms with Crippen molar-refractivity contribution in [1.29, 1.82) is 0 Å². The van der Waals surface area contributed by atoms with E-state index in [1.165, 1.54) is 57.8 Å². The van der Waals surface area contributed by atoms with Crippen LogP contribution in [0.4, 0.5) is 0 Å². The van der Waals surface area contributed by atoms with Crippen molar-refractivity contribution in [1.82, 2.24) is 20.2 Å². The highest BCUT2D eigenvalue weighted by Crippen LogP contribution is 2.15. The third-order valence-electron chi connectivity index (χ3n) is 4.31. The number of hydrogen-bond donors (Lipinski definition) is 0. The van der Waals surface area contributed by atoms with Gasteiger partial charge in [-0.25, -0.2) is 4.68 Å². The van der Waals surface area contributed by atoms with Crippen molar-refractivity contribution in [3.8, 4) is 0 Å². The second-order valence-corrected chi connectivity index (χ2v) is 6.42. The van der Waals surface area contributed by atoms with Crippen LogP contribution in [0.5, 0.6) is 0 Å². The molecule has 1 aromatic rings. The van der Waals surface area contributed by atoms with Crippen molar-refractivity contribution in [3.63, 3.8) is 0 Å². The fourth-order valence-electron chi connectivity index (χ4n) is 2.80. The van der Waals surface area contributed by atoms with Crippen molar-refractivity contribution in [3.05, 3.63) is 5.82 Å². The number of esters is 1. The molecule has 0 saturated heterocycles. The third kappa shape index (κ3) is 7.88. The van der Waals surface area contributed by atoms with Gasteiger partial charge in [-0.3, -0.25) is 4.79 Å². The Kier molecular flexibility index (Phi) is 11.1. The fourth-order valence-corrected chi connectivity index (χ4v) is 2.80. The molecule has 24 heavy (non-hydrogen) atoms. The van der Waals surface area contributed by atoms with E-state index in [0.717, 1.165) is 13.0 Å². The molecule has 0 aliphatic rings. The van der Waals surface area contributed by atoms with Crippen molar-refractivity contribution in [2.75, 3.05) is 6.61 Å². The first-order chi connectivity index (χ1) is 11.7. The lowest BCUT2D eigenvalue weighted by atomic mass is 10.1. The number of aryl methyl sites for hydroxylation is 1. The SMILES string of the molecule is CCCCCCCCCCCCn1nnnc1C(C)C(=O)OCC. The Morgan fingerprint density at radius 3 is 2.17 bits per heavy atom. The van der Waals surface area contributed by atoms with Gasteiger partial charge < -0.3 is 4.74 Å². The molecule has 0 aromatic carbocycles. The van der Waals surface area contributed by atoms with E-state index in [2.05, 4.69) is 22.4 Å². The maximum atomic E-state index is 11.8. The Hall–Kier alpha value is -1.46. The van der Waals surface area contributed by atoms with E-state index in [1.807, 2.05) is 0 Å². The Morgan fingerprint density at radius 2 is 1.58 bits per heavy atom. The number of rotatable bonds is 14. The molecule has 0 aliphatic carbocycles. The second kappa shape index (κ2) is 12.9. The summed E-state index contributed by atoms with van der Waals surface area (Å²) >= 11 is 0. The summed E-state index contributed by atoms with van der Waals surface area (Å²) in [5, 5.41) is 11.7. The highest BCUT2D eigenvalue weighted by atomic mass is 16.5. The number of carbonyl (C=O) groups is 1. The molecular formula is C18H34N4O2. The zero-order chi connectivity index (χ0) is 17.6. The standard InChI is InChI=1S/C18H34N4O2/c1-4-6-7-8-9-10-11-12-13-14-15-22-17(19-20-21-22)16(3)18(23)24-5-2/h16H,4-15H2,1-3H3. The number of tetrazole rings is 1. The van der Waals surface area contributed by atoms with Crippen molar-refractivity contribution >= 4 is 5.97 Å². The van der Waals surface area contributed by atoms with Gasteiger partial charge in [-0.1, -0.05) is 64.7 Å². The number of hydrogen-bond acceptors (Lipinski definition) is 5. The molecule has 0 aliphatic heterocycles. The first kappa shape index (κ1) is 20.6. The van der Waals surface area contributed by atoms with Gasteiger partial charge in [0.25, 0.3) is 0 Å². The minimum atomic E-state index is -0.414. The largest absolute Gasteiger partial charge is 0.465 e. The molecule has 1 unspecified atom stereocenters. The van der Waals surface area contributed by atoms with Crippen LogP contribution in [0.15, 0.2) is 0 Å². The Bertz CT molecular complexity index is 448. The minimum Gasteiger partial charge on any atom is -0.465 e. The van der Waals surface area contributed by atoms with Gasteiger partial charge in [-0.15, -0.1) is 5.10 Å². The lowest BCUT2D eigenvalue weighted by Crippen LogP contribution is -2.18. The Balaban J connectivity index is 2.16. The van der Waals surface area contributed by atoms with E-state index < -0.39 is 5.92 Å². The van der Waals surface area contributed by atoms with Gasteiger partial charge in [0.15, 0.2) is 5.82 Å². The van der Waals surface area contributed by atoms with Crippen molar-refractivity contribution in [2.45, 2.75) is 97.4 Å². The number of unbranched alkanes of at least 4 members (excludes halogenated alkanes) is 9. The van der Waals surface area contributed by atoms with E-state index in [1.54, 1.807) is 18.5 Å². The summed E-state index contributed by atoms with van der Waals surface area (Å²) in [5.41, 5.74) is 0. The molecule has 0 radical (unpaired) electrons. The fraction of sp³-hybridized carbons (Fsp3) is 0.889. The van der Waals surface area contributed by atoms with Crippen LogP contribution in [0, 0.1) is 0 Å². The minimum absolute atomic E-state index is 0.267. The van der Waals surface area contributed by atoms with E-state index in [9.17, 15) is 4.79 Å². The molecule has 6 heteroatoms. The summed E-state index contributed by atoms with van der Waals surface area (Å²) in [6.45, 7) is 6.99. The number of aromatic nitrogens is 4. The van der Waals surface area contributed by atoms with Crippen molar-refractivity contribution < 1.29 is 9.53 Å². The van der Waals surface area contributed by atoms with Crippen molar-refractivity contribution in [2.24, 2.45) is 0 Å². The molecule has 138 valence electrons. The number of carbonyl (C=O) groups excluding carboxylic acids is 1. The summed E-state index contributed by atoms with van der Waals surface area (Å²) in [6, 6.07) is 0.